The molecular weight excluding hydrogens is 381 g/mol. The lowest BCUT2D eigenvalue weighted by Gasteiger charge is -2.14. The lowest BCUT2D eigenvalue weighted by atomic mass is 10.3. The van der Waals surface area contributed by atoms with Gasteiger partial charge in [-0.25, -0.2) is 9.78 Å². The maximum absolute atomic E-state index is 12.0. The third kappa shape index (κ3) is 4.59. The van der Waals surface area contributed by atoms with Gasteiger partial charge in [-0.2, -0.15) is 0 Å². The molecule has 1 atom stereocenters. The molecular formula is C14H10BrCl2NO3. The van der Waals surface area contributed by atoms with Gasteiger partial charge in [0.2, 0.25) is 0 Å². The fourth-order valence-electron chi connectivity index (χ4n) is 1.46. The molecule has 110 valence electrons. The van der Waals surface area contributed by atoms with Crippen LogP contribution < -0.4 is 9.47 Å². The van der Waals surface area contributed by atoms with E-state index < -0.39 is 12.1 Å². The smallest absolute Gasteiger partial charge is 0.352 e. The topological polar surface area (TPSA) is 48.4 Å². The number of hydrogen-bond donors (Lipinski definition) is 0. The summed E-state index contributed by atoms with van der Waals surface area (Å²) in [5.41, 5.74) is 0. The van der Waals surface area contributed by atoms with Crippen LogP contribution in [0.4, 0.5) is 0 Å². The second-order valence-electron chi connectivity index (χ2n) is 4.06. The minimum atomic E-state index is -0.843. The summed E-state index contributed by atoms with van der Waals surface area (Å²) in [6.45, 7) is 1.56. The molecule has 1 aromatic carbocycles. The van der Waals surface area contributed by atoms with E-state index >= 15 is 0 Å². The van der Waals surface area contributed by atoms with Crippen LogP contribution in [0.5, 0.6) is 11.5 Å². The first-order chi connectivity index (χ1) is 9.95. The highest BCUT2D eigenvalue weighted by Crippen LogP contribution is 2.25. The van der Waals surface area contributed by atoms with Crippen molar-refractivity contribution in [2.45, 2.75) is 13.0 Å². The fraction of sp³-hybridized carbons (Fsp3) is 0.143. The Bertz CT molecular complexity index is 666. The molecule has 0 saturated carbocycles. The highest BCUT2D eigenvalue weighted by atomic mass is 79.9. The van der Waals surface area contributed by atoms with E-state index in [2.05, 4.69) is 20.9 Å². The summed E-state index contributed by atoms with van der Waals surface area (Å²) in [7, 11) is 0. The van der Waals surface area contributed by atoms with E-state index in [9.17, 15) is 4.79 Å². The fourth-order valence-corrected chi connectivity index (χ4v) is 2.22. The third-order valence-electron chi connectivity index (χ3n) is 2.43. The molecule has 0 N–H and O–H groups in total. The number of halogens is 3. The van der Waals surface area contributed by atoms with Crippen LogP contribution in [0.2, 0.25) is 10.3 Å². The van der Waals surface area contributed by atoms with Gasteiger partial charge in [0, 0.05) is 4.47 Å². The predicted octanol–water partition coefficient (Wildman–Crippen LogP) is 4.52. The summed E-state index contributed by atoms with van der Waals surface area (Å²) in [4.78, 5) is 15.8. The monoisotopic (exact) mass is 389 g/mol. The van der Waals surface area contributed by atoms with Crippen molar-refractivity contribution in [1.82, 2.24) is 4.98 Å². The minimum absolute atomic E-state index is 0.0876. The number of pyridine rings is 1. The zero-order valence-corrected chi connectivity index (χ0v) is 13.9. The van der Waals surface area contributed by atoms with Crippen LogP contribution in [0.15, 0.2) is 40.9 Å². The highest BCUT2D eigenvalue weighted by Gasteiger charge is 2.19. The van der Waals surface area contributed by atoms with Crippen molar-refractivity contribution in [2.24, 2.45) is 0 Å². The Morgan fingerprint density at radius 1 is 1.29 bits per heavy atom. The molecule has 0 saturated heterocycles. The molecule has 1 aromatic heterocycles. The van der Waals surface area contributed by atoms with Gasteiger partial charge in [-0.15, -0.1) is 0 Å². The molecule has 0 amide bonds. The van der Waals surface area contributed by atoms with Gasteiger partial charge < -0.3 is 9.47 Å². The molecule has 21 heavy (non-hydrogen) atoms. The van der Waals surface area contributed by atoms with Crippen LogP contribution in [0, 0.1) is 0 Å². The Labute approximate surface area is 140 Å². The highest BCUT2D eigenvalue weighted by molar-refractivity contribution is 9.10. The van der Waals surface area contributed by atoms with Crippen molar-refractivity contribution in [2.75, 3.05) is 0 Å². The number of nitrogens with zero attached hydrogens (tertiary/aromatic N) is 1. The lowest BCUT2D eigenvalue weighted by Crippen LogP contribution is -2.28. The number of aromatic nitrogens is 1. The number of carbonyl (C=O) groups excluding carboxylic acids is 1. The Hall–Kier alpha value is -1.30. The van der Waals surface area contributed by atoms with Gasteiger partial charge in [-0.3, -0.25) is 0 Å². The second kappa shape index (κ2) is 7.11. The minimum Gasteiger partial charge on any atom is -0.476 e. The summed E-state index contributed by atoms with van der Waals surface area (Å²) in [6.07, 6.45) is -0.843. The number of hydrogen-bond acceptors (Lipinski definition) is 4. The molecule has 0 aliphatic rings. The molecule has 4 nitrogen and oxygen atoms in total. The van der Waals surface area contributed by atoms with Gasteiger partial charge in [0.15, 0.2) is 17.0 Å². The van der Waals surface area contributed by atoms with Crippen LogP contribution in [0.3, 0.4) is 0 Å². The Morgan fingerprint density at radius 2 is 2.05 bits per heavy atom. The first kappa shape index (κ1) is 16.1. The summed E-state index contributed by atoms with van der Waals surface area (Å²) in [5.74, 6) is 0.143. The number of ether oxygens (including phenoxy) is 2. The van der Waals surface area contributed by atoms with E-state index in [0.29, 0.717) is 5.75 Å². The van der Waals surface area contributed by atoms with Gasteiger partial charge in [-0.1, -0.05) is 45.2 Å². The van der Waals surface area contributed by atoms with Crippen molar-refractivity contribution in [3.05, 3.63) is 51.2 Å². The average molecular weight is 391 g/mol. The average Bonchev–Trinajstić information content (AvgIpc) is 2.41. The third-order valence-corrected chi connectivity index (χ3v) is 3.41. The van der Waals surface area contributed by atoms with Gasteiger partial charge in [0.25, 0.3) is 0 Å². The largest absolute Gasteiger partial charge is 0.476 e. The zero-order chi connectivity index (χ0) is 15.4. The molecule has 1 unspecified atom stereocenters. The number of rotatable bonds is 4. The van der Waals surface area contributed by atoms with Crippen molar-refractivity contribution in [1.29, 1.82) is 0 Å². The van der Waals surface area contributed by atoms with Crippen LogP contribution in [0.1, 0.15) is 6.92 Å². The van der Waals surface area contributed by atoms with Gasteiger partial charge in [-0.05, 0) is 37.3 Å². The maximum Gasteiger partial charge on any atom is 0.352 e. The Balaban J connectivity index is 2.02. The Kier molecular flexibility index (Phi) is 5.45. The van der Waals surface area contributed by atoms with Crippen LogP contribution >= 0.6 is 39.1 Å². The lowest BCUT2D eigenvalue weighted by molar-refractivity contribution is -0.141. The molecule has 1 heterocycles. The van der Waals surface area contributed by atoms with Gasteiger partial charge >= 0.3 is 5.97 Å². The normalized spacial score (nSPS) is 11.8. The van der Waals surface area contributed by atoms with E-state index in [4.69, 9.17) is 32.7 Å². The maximum atomic E-state index is 12.0. The standard InChI is InChI=1S/C14H10BrCl2NO3/c1-8(20-11-5-6-12(16)18-13(11)17)14(19)21-10-4-2-3-9(15)7-10/h2-8H,1H3. The van der Waals surface area contributed by atoms with Crippen molar-refractivity contribution in [3.8, 4) is 11.5 Å². The number of carbonyl (C=O) groups is 1. The van der Waals surface area contributed by atoms with Crippen LogP contribution in [0.25, 0.3) is 0 Å². The molecule has 0 spiro atoms. The van der Waals surface area contributed by atoms with Crippen molar-refractivity contribution in [3.63, 3.8) is 0 Å². The molecule has 2 rings (SSSR count). The second-order valence-corrected chi connectivity index (χ2v) is 5.72. The molecule has 0 fully saturated rings. The van der Waals surface area contributed by atoms with E-state index in [1.807, 2.05) is 6.07 Å². The zero-order valence-electron chi connectivity index (χ0n) is 10.8. The SMILES string of the molecule is CC(Oc1ccc(Cl)nc1Cl)C(=O)Oc1cccc(Br)c1. The molecule has 0 radical (unpaired) electrons. The number of esters is 1. The van der Waals surface area contributed by atoms with Crippen molar-refractivity contribution >= 4 is 45.1 Å². The summed E-state index contributed by atoms with van der Waals surface area (Å²) in [5, 5.41) is 0.335. The summed E-state index contributed by atoms with van der Waals surface area (Å²) in [6, 6.07) is 10.0. The van der Waals surface area contributed by atoms with E-state index in [1.165, 1.54) is 6.07 Å². The van der Waals surface area contributed by atoms with E-state index in [-0.39, 0.29) is 16.1 Å². The van der Waals surface area contributed by atoms with E-state index in [1.54, 1.807) is 31.2 Å². The summed E-state index contributed by atoms with van der Waals surface area (Å²) >= 11 is 14.9. The first-order valence-electron chi connectivity index (χ1n) is 5.91. The predicted molar refractivity (Wildman–Crippen MR) is 84.1 cm³/mol. The molecule has 0 bridgehead atoms. The first-order valence-corrected chi connectivity index (χ1v) is 7.46. The van der Waals surface area contributed by atoms with Crippen LogP contribution in [-0.2, 0) is 4.79 Å². The molecule has 7 heteroatoms. The molecule has 0 aliphatic carbocycles. The van der Waals surface area contributed by atoms with Gasteiger partial charge in [0.05, 0.1) is 0 Å². The van der Waals surface area contributed by atoms with Gasteiger partial charge in [0.1, 0.15) is 10.9 Å². The van der Waals surface area contributed by atoms with Crippen molar-refractivity contribution < 1.29 is 14.3 Å². The van der Waals surface area contributed by atoms with Crippen LogP contribution in [-0.4, -0.2) is 17.1 Å². The Morgan fingerprint density at radius 3 is 2.71 bits per heavy atom. The van der Waals surface area contributed by atoms with E-state index in [0.717, 1.165) is 4.47 Å². The molecule has 0 aliphatic heterocycles. The number of benzene rings is 1. The summed E-state index contributed by atoms with van der Waals surface area (Å²) < 4.78 is 11.4. The quantitative estimate of drug-likeness (QED) is 0.437. The molecule has 2 aromatic rings.